The molecule has 1 fully saturated rings. The Morgan fingerprint density at radius 2 is 1.83 bits per heavy atom. The summed E-state index contributed by atoms with van der Waals surface area (Å²) in [5, 5.41) is 5.39. The Morgan fingerprint density at radius 1 is 1.08 bits per heavy atom. The van der Waals surface area contributed by atoms with Crippen molar-refractivity contribution in [1.29, 1.82) is 0 Å². The molecule has 2 atom stereocenters. The number of hydrazine groups is 1. The van der Waals surface area contributed by atoms with Crippen molar-refractivity contribution >= 4 is 39.3 Å². The lowest BCUT2D eigenvalue weighted by molar-refractivity contribution is -0.0600. The summed E-state index contributed by atoms with van der Waals surface area (Å²) in [6.45, 7) is 7.26. The predicted molar refractivity (Wildman–Crippen MR) is 146 cm³/mol. The van der Waals surface area contributed by atoms with Crippen LogP contribution in [0, 0.1) is 25.9 Å². The molecule has 1 N–H and O–H groups in total. The molecular weight excluding hydrogens is 491 g/mol. The molecular formula is C29H27ClFN4S. The zero-order valence-electron chi connectivity index (χ0n) is 20.5. The van der Waals surface area contributed by atoms with Gasteiger partial charge < -0.3 is 4.98 Å². The average Bonchev–Trinajstić information content (AvgIpc) is 3.60. The first-order valence-corrected chi connectivity index (χ1v) is 13.4. The summed E-state index contributed by atoms with van der Waals surface area (Å²) in [6.07, 6.45) is 5.68. The maximum absolute atomic E-state index is 13.6. The smallest absolute Gasteiger partial charge is 0.129 e. The van der Waals surface area contributed by atoms with Gasteiger partial charge in [0.2, 0.25) is 0 Å². The number of hydrogen-bond donors (Lipinski definition) is 1. The van der Waals surface area contributed by atoms with Crippen molar-refractivity contribution in [1.82, 2.24) is 20.0 Å². The SMILES string of the molecule is Cc1ccc(C2SC(c3ccc(F)cc3)=[C]N2N2CCC[C@@]2(C)c2nc3c(C)c(Cl)ccc3[nH]2)cc1. The van der Waals surface area contributed by atoms with Gasteiger partial charge >= 0.3 is 0 Å². The highest BCUT2D eigenvalue weighted by Gasteiger charge is 2.47. The second kappa shape index (κ2) is 8.94. The molecule has 1 saturated heterocycles. The van der Waals surface area contributed by atoms with Gasteiger partial charge in [0.1, 0.15) is 17.0 Å². The second-order valence-corrected chi connectivity index (χ2v) is 11.3. The molecule has 1 radical (unpaired) electrons. The number of hydrogen-bond acceptors (Lipinski definition) is 4. The number of aromatic amines is 1. The van der Waals surface area contributed by atoms with E-state index in [2.05, 4.69) is 59.3 Å². The summed E-state index contributed by atoms with van der Waals surface area (Å²) in [5.41, 5.74) is 5.97. The Hall–Kier alpha value is -2.80. The van der Waals surface area contributed by atoms with Gasteiger partial charge in [-0.15, -0.1) is 0 Å². The number of benzene rings is 3. The first kappa shape index (κ1) is 23.6. The van der Waals surface area contributed by atoms with Gasteiger partial charge in [0.05, 0.1) is 22.8 Å². The van der Waals surface area contributed by atoms with E-state index in [1.54, 1.807) is 11.8 Å². The van der Waals surface area contributed by atoms with Crippen molar-refractivity contribution in [3.05, 3.63) is 106 Å². The number of aromatic nitrogens is 2. The molecule has 2 aliphatic heterocycles. The third-order valence-electron chi connectivity index (χ3n) is 7.35. The summed E-state index contributed by atoms with van der Waals surface area (Å²) in [5.74, 6) is 0.701. The second-order valence-electron chi connectivity index (χ2n) is 9.83. The lowest BCUT2D eigenvalue weighted by atomic mass is 9.99. The number of imidazole rings is 1. The molecule has 0 saturated carbocycles. The van der Waals surface area contributed by atoms with Gasteiger partial charge in [0, 0.05) is 16.5 Å². The molecule has 1 unspecified atom stereocenters. The average molecular weight is 518 g/mol. The molecule has 0 aliphatic carbocycles. The minimum absolute atomic E-state index is 0.0173. The molecule has 2 aliphatic rings. The quantitative estimate of drug-likeness (QED) is 0.300. The lowest BCUT2D eigenvalue weighted by Gasteiger charge is -2.42. The van der Waals surface area contributed by atoms with Crippen LogP contribution in [0.15, 0.2) is 60.7 Å². The third-order valence-corrected chi connectivity index (χ3v) is 9.02. The number of rotatable bonds is 4. The van der Waals surface area contributed by atoms with E-state index in [1.807, 2.05) is 31.2 Å². The number of nitrogens with zero attached hydrogens (tertiary/aromatic N) is 3. The monoisotopic (exact) mass is 517 g/mol. The Labute approximate surface area is 220 Å². The van der Waals surface area contributed by atoms with E-state index < -0.39 is 0 Å². The van der Waals surface area contributed by atoms with E-state index in [4.69, 9.17) is 16.6 Å². The van der Waals surface area contributed by atoms with Crippen LogP contribution in [-0.4, -0.2) is 26.5 Å². The molecule has 183 valence electrons. The molecule has 4 nitrogen and oxygen atoms in total. The number of fused-ring (bicyclic) bond motifs is 1. The lowest BCUT2D eigenvalue weighted by Crippen LogP contribution is -2.48. The normalized spacial score (nSPS) is 22.5. The van der Waals surface area contributed by atoms with Crippen LogP contribution in [0.25, 0.3) is 15.9 Å². The third kappa shape index (κ3) is 3.92. The number of thioether (sulfide) groups is 1. The molecule has 4 aromatic rings. The van der Waals surface area contributed by atoms with Gasteiger partial charge in [-0.05, 0) is 74.6 Å². The zero-order valence-corrected chi connectivity index (χ0v) is 22.1. The maximum atomic E-state index is 13.6. The van der Waals surface area contributed by atoms with Crippen molar-refractivity contribution in [2.24, 2.45) is 0 Å². The summed E-state index contributed by atoms with van der Waals surface area (Å²) in [6, 6.07) is 19.3. The highest BCUT2D eigenvalue weighted by Crippen LogP contribution is 2.52. The molecule has 0 amide bonds. The Kier molecular flexibility index (Phi) is 5.86. The van der Waals surface area contributed by atoms with E-state index in [1.165, 1.54) is 23.3 Å². The van der Waals surface area contributed by atoms with Crippen LogP contribution >= 0.6 is 23.4 Å². The van der Waals surface area contributed by atoms with E-state index in [9.17, 15) is 4.39 Å². The maximum Gasteiger partial charge on any atom is 0.129 e. The molecule has 0 bridgehead atoms. The molecule has 7 heteroatoms. The van der Waals surface area contributed by atoms with Crippen LogP contribution in [0.2, 0.25) is 5.02 Å². The Bertz CT molecular complexity index is 1460. The molecule has 3 heterocycles. The number of nitrogens with one attached hydrogen (secondary N) is 1. The van der Waals surface area contributed by atoms with Gasteiger partial charge in [0.15, 0.2) is 0 Å². The summed E-state index contributed by atoms with van der Waals surface area (Å²) in [4.78, 5) is 9.64. The van der Waals surface area contributed by atoms with Crippen LogP contribution in [0.3, 0.4) is 0 Å². The molecule has 36 heavy (non-hydrogen) atoms. The van der Waals surface area contributed by atoms with Crippen molar-refractivity contribution in [2.45, 2.75) is 44.5 Å². The Morgan fingerprint density at radius 3 is 2.58 bits per heavy atom. The summed E-state index contributed by atoms with van der Waals surface area (Å²) in [7, 11) is 0. The zero-order chi connectivity index (χ0) is 25.0. The highest BCUT2D eigenvalue weighted by molar-refractivity contribution is 8.08. The standard InChI is InChI=1S/C29H27ClFN4S/c1-18-5-7-21(8-6-18)27-34(17-25(36-27)20-9-11-22(31)12-10-20)35-16-4-15-29(35,3)28-32-24-14-13-23(30)19(2)26(24)33-28/h5-14,27H,4,15-16H2,1-3H3,(H,32,33)/t27?,29-/m0/s1. The Balaban J connectivity index is 1.43. The van der Waals surface area contributed by atoms with Crippen molar-refractivity contribution < 1.29 is 4.39 Å². The van der Waals surface area contributed by atoms with Gasteiger partial charge in [-0.2, -0.15) is 0 Å². The molecule has 1 aromatic heterocycles. The van der Waals surface area contributed by atoms with E-state index in [-0.39, 0.29) is 16.7 Å². The fraction of sp³-hybridized carbons (Fsp3) is 0.276. The molecule has 6 rings (SSSR count). The van der Waals surface area contributed by atoms with Gasteiger partial charge in [-0.25, -0.2) is 14.4 Å². The van der Waals surface area contributed by atoms with Crippen molar-refractivity contribution in [3.63, 3.8) is 0 Å². The number of halogens is 2. The topological polar surface area (TPSA) is 35.2 Å². The van der Waals surface area contributed by atoms with Crippen LogP contribution in [0.4, 0.5) is 4.39 Å². The van der Waals surface area contributed by atoms with Crippen LogP contribution in [0.5, 0.6) is 0 Å². The van der Waals surface area contributed by atoms with E-state index >= 15 is 0 Å². The van der Waals surface area contributed by atoms with Gasteiger partial charge in [0.25, 0.3) is 0 Å². The molecule has 3 aromatic carbocycles. The van der Waals surface area contributed by atoms with E-state index in [0.717, 1.165) is 57.3 Å². The molecule has 0 spiro atoms. The van der Waals surface area contributed by atoms with Crippen molar-refractivity contribution in [3.8, 4) is 0 Å². The van der Waals surface area contributed by atoms with Crippen molar-refractivity contribution in [2.75, 3.05) is 6.54 Å². The first-order valence-electron chi connectivity index (χ1n) is 12.2. The summed E-state index contributed by atoms with van der Waals surface area (Å²) < 4.78 is 13.6. The highest BCUT2D eigenvalue weighted by atomic mass is 35.5. The van der Waals surface area contributed by atoms with Crippen LogP contribution < -0.4 is 0 Å². The van der Waals surface area contributed by atoms with Crippen LogP contribution in [-0.2, 0) is 5.54 Å². The minimum atomic E-state index is -0.341. The predicted octanol–water partition coefficient (Wildman–Crippen LogP) is 7.75. The fourth-order valence-corrected chi connectivity index (χ4v) is 6.54. The van der Waals surface area contributed by atoms with Gasteiger partial charge in [-0.3, -0.25) is 5.01 Å². The number of H-pyrrole nitrogens is 1. The minimum Gasteiger partial charge on any atom is -0.340 e. The summed E-state index contributed by atoms with van der Waals surface area (Å²) >= 11 is 8.14. The largest absolute Gasteiger partial charge is 0.340 e. The number of aryl methyl sites for hydroxylation is 2. The fourth-order valence-electron chi connectivity index (χ4n) is 5.19. The van der Waals surface area contributed by atoms with Gasteiger partial charge in [-0.1, -0.05) is 65.3 Å². The van der Waals surface area contributed by atoms with E-state index in [0.29, 0.717) is 0 Å². The van der Waals surface area contributed by atoms with Crippen LogP contribution in [0.1, 0.15) is 53.2 Å². The first-order chi connectivity index (χ1) is 17.3.